The van der Waals surface area contributed by atoms with E-state index in [2.05, 4.69) is 21.2 Å². The number of sulfonamides is 1. The molecule has 0 saturated heterocycles. The number of hydrogen-bond donors (Lipinski definition) is 1. The minimum absolute atomic E-state index is 0.0104. The third kappa shape index (κ3) is 8.12. The molecule has 0 bridgehead atoms. The lowest BCUT2D eigenvalue weighted by Gasteiger charge is -2.33. The molecule has 1 atom stereocenters. The van der Waals surface area contributed by atoms with Crippen molar-refractivity contribution in [3.05, 3.63) is 94.7 Å². The van der Waals surface area contributed by atoms with E-state index in [9.17, 15) is 22.4 Å². The Bertz CT molecular complexity index is 1350. The van der Waals surface area contributed by atoms with Gasteiger partial charge in [0.2, 0.25) is 11.8 Å². The van der Waals surface area contributed by atoms with Crippen molar-refractivity contribution in [2.75, 3.05) is 17.4 Å². The molecular weight excluding hydrogens is 585 g/mol. The number of carbonyl (C=O) groups is 2. The number of carbonyl (C=O) groups excluding carboxylic acids is 2. The second kappa shape index (κ2) is 14.2. The Balaban J connectivity index is 2.02. The number of benzene rings is 3. The average molecular weight is 619 g/mol. The predicted octanol–water partition coefficient (Wildman–Crippen LogP) is 5.51. The lowest BCUT2D eigenvalue weighted by Crippen LogP contribution is -2.52. The fourth-order valence-corrected chi connectivity index (χ4v) is 5.91. The zero-order chi connectivity index (χ0) is 28.4. The van der Waals surface area contributed by atoms with Crippen molar-refractivity contribution in [3.8, 4) is 0 Å². The number of hydrogen-bond acceptors (Lipinski definition) is 4. The van der Waals surface area contributed by atoms with Crippen LogP contribution in [0.25, 0.3) is 0 Å². The SMILES string of the molecule is CCCCNC(=O)[C@@H](CC)N(Cc1ccc(F)cc1)C(=O)CN(c1cccc(Br)c1)S(=O)(=O)c1ccccc1. The maximum atomic E-state index is 13.9. The van der Waals surface area contributed by atoms with Crippen molar-refractivity contribution in [1.82, 2.24) is 10.2 Å². The fraction of sp³-hybridized carbons (Fsp3) is 0.310. The molecule has 0 unspecified atom stereocenters. The minimum atomic E-state index is -4.13. The van der Waals surface area contributed by atoms with Gasteiger partial charge < -0.3 is 10.2 Å². The topological polar surface area (TPSA) is 86.8 Å². The van der Waals surface area contributed by atoms with E-state index in [-0.39, 0.29) is 17.3 Å². The highest BCUT2D eigenvalue weighted by Crippen LogP contribution is 2.27. The molecule has 0 aliphatic carbocycles. The summed E-state index contributed by atoms with van der Waals surface area (Å²) in [5, 5.41) is 2.88. The smallest absolute Gasteiger partial charge is 0.264 e. The molecule has 0 aliphatic heterocycles. The third-order valence-corrected chi connectivity index (χ3v) is 8.47. The molecule has 10 heteroatoms. The summed E-state index contributed by atoms with van der Waals surface area (Å²) in [7, 11) is -4.13. The first-order valence-corrected chi connectivity index (χ1v) is 15.1. The second-order valence-corrected chi connectivity index (χ2v) is 11.8. The van der Waals surface area contributed by atoms with E-state index in [1.54, 1.807) is 61.5 Å². The number of unbranched alkanes of at least 4 members (excludes halogenated alkanes) is 1. The summed E-state index contributed by atoms with van der Waals surface area (Å²) in [6.07, 6.45) is 2.00. The van der Waals surface area contributed by atoms with E-state index in [4.69, 9.17) is 0 Å². The lowest BCUT2D eigenvalue weighted by molar-refractivity contribution is -0.140. The molecule has 39 heavy (non-hydrogen) atoms. The van der Waals surface area contributed by atoms with Crippen LogP contribution in [0.3, 0.4) is 0 Å². The second-order valence-electron chi connectivity index (χ2n) is 9.02. The predicted molar refractivity (Wildman–Crippen MR) is 154 cm³/mol. The highest BCUT2D eigenvalue weighted by atomic mass is 79.9. The van der Waals surface area contributed by atoms with Crippen molar-refractivity contribution < 1.29 is 22.4 Å². The van der Waals surface area contributed by atoms with Gasteiger partial charge in [-0.15, -0.1) is 0 Å². The van der Waals surface area contributed by atoms with Gasteiger partial charge in [0.1, 0.15) is 18.4 Å². The van der Waals surface area contributed by atoms with Gasteiger partial charge in [0.25, 0.3) is 10.0 Å². The van der Waals surface area contributed by atoms with Gasteiger partial charge in [-0.25, -0.2) is 12.8 Å². The van der Waals surface area contributed by atoms with Crippen LogP contribution in [0.15, 0.2) is 88.2 Å². The number of rotatable bonds is 13. The molecular formula is C29H33BrFN3O4S. The summed E-state index contributed by atoms with van der Waals surface area (Å²) in [5.41, 5.74) is 0.910. The van der Waals surface area contributed by atoms with Crippen LogP contribution >= 0.6 is 15.9 Å². The first kappa shape index (κ1) is 30.3. The summed E-state index contributed by atoms with van der Waals surface area (Å²) >= 11 is 3.38. The Kier molecular flexibility index (Phi) is 11.1. The Morgan fingerprint density at radius 2 is 1.67 bits per heavy atom. The minimum Gasteiger partial charge on any atom is -0.354 e. The molecule has 3 aromatic rings. The molecule has 0 radical (unpaired) electrons. The van der Waals surface area contributed by atoms with Gasteiger partial charge in [-0.2, -0.15) is 0 Å². The first-order chi connectivity index (χ1) is 18.7. The molecule has 0 spiro atoms. The van der Waals surface area contributed by atoms with E-state index in [1.807, 2.05) is 6.92 Å². The normalized spacial score (nSPS) is 12.0. The van der Waals surface area contributed by atoms with Gasteiger partial charge in [0.05, 0.1) is 10.6 Å². The van der Waals surface area contributed by atoms with E-state index < -0.39 is 34.3 Å². The van der Waals surface area contributed by atoms with Crippen molar-refractivity contribution in [2.45, 2.75) is 50.6 Å². The average Bonchev–Trinajstić information content (AvgIpc) is 2.93. The summed E-state index contributed by atoms with van der Waals surface area (Å²) < 4.78 is 42.8. The van der Waals surface area contributed by atoms with Crippen LogP contribution in [0.2, 0.25) is 0 Å². The standard InChI is InChI=1S/C29H33BrFN3O4S/c1-3-5-18-32-29(36)27(4-2)33(20-22-14-16-24(31)17-15-22)28(35)21-34(25-11-9-10-23(30)19-25)39(37,38)26-12-7-6-8-13-26/h6-17,19,27H,3-5,18,20-21H2,1-2H3,(H,32,36)/t27-/m1/s1. The zero-order valence-corrected chi connectivity index (χ0v) is 24.4. The van der Waals surface area contributed by atoms with Crippen molar-refractivity contribution in [3.63, 3.8) is 0 Å². The quantitative estimate of drug-likeness (QED) is 0.256. The van der Waals surface area contributed by atoms with Crippen LogP contribution in [0.4, 0.5) is 10.1 Å². The van der Waals surface area contributed by atoms with Crippen molar-refractivity contribution in [1.29, 1.82) is 0 Å². The monoisotopic (exact) mass is 617 g/mol. The van der Waals surface area contributed by atoms with Gasteiger partial charge in [-0.1, -0.05) is 72.6 Å². The van der Waals surface area contributed by atoms with E-state index in [1.165, 1.54) is 29.2 Å². The van der Waals surface area contributed by atoms with Crippen molar-refractivity contribution >= 4 is 43.5 Å². The third-order valence-electron chi connectivity index (χ3n) is 6.19. The molecule has 0 aliphatic rings. The molecule has 3 aromatic carbocycles. The highest BCUT2D eigenvalue weighted by molar-refractivity contribution is 9.10. The molecule has 7 nitrogen and oxygen atoms in total. The van der Waals surface area contributed by atoms with Gasteiger partial charge in [0, 0.05) is 17.6 Å². The Morgan fingerprint density at radius 1 is 0.974 bits per heavy atom. The van der Waals surface area contributed by atoms with E-state index in [0.717, 1.165) is 17.1 Å². The van der Waals surface area contributed by atoms with Crippen LogP contribution in [-0.4, -0.2) is 44.3 Å². The molecule has 208 valence electrons. The first-order valence-electron chi connectivity index (χ1n) is 12.8. The number of anilines is 1. The molecule has 0 saturated carbocycles. The zero-order valence-electron chi connectivity index (χ0n) is 22.0. The van der Waals surface area contributed by atoms with E-state index in [0.29, 0.717) is 28.7 Å². The van der Waals surface area contributed by atoms with Crippen LogP contribution in [0, 0.1) is 5.82 Å². The number of amides is 2. The number of nitrogens with zero attached hydrogens (tertiary/aromatic N) is 2. The Morgan fingerprint density at radius 3 is 2.28 bits per heavy atom. The van der Waals surface area contributed by atoms with E-state index >= 15 is 0 Å². The van der Waals surface area contributed by atoms with Crippen molar-refractivity contribution in [2.24, 2.45) is 0 Å². The number of halogens is 2. The summed E-state index contributed by atoms with van der Waals surface area (Å²) in [6, 6.07) is 19.4. The van der Waals surface area contributed by atoms with Crippen LogP contribution < -0.4 is 9.62 Å². The summed E-state index contributed by atoms with van der Waals surface area (Å²) in [6.45, 7) is 3.75. The maximum absolute atomic E-state index is 13.9. The largest absolute Gasteiger partial charge is 0.354 e. The van der Waals surface area contributed by atoms with Crippen LogP contribution in [0.1, 0.15) is 38.7 Å². The lowest BCUT2D eigenvalue weighted by atomic mass is 10.1. The van der Waals surface area contributed by atoms with Crippen LogP contribution in [-0.2, 0) is 26.2 Å². The maximum Gasteiger partial charge on any atom is 0.264 e. The molecule has 1 N–H and O–H groups in total. The van der Waals surface area contributed by atoms with Gasteiger partial charge in [-0.3, -0.25) is 13.9 Å². The molecule has 0 fully saturated rings. The van der Waals surface area contributed by atoms with Crippen LogP contribution in [0.5, 0.6) is 0 Å². The van der Waals surface area contributed by atoms with Gasteiger partial charge in [-0.05, 0) is 60.9 Å². The van der Waals surface area contributed by atoms with Gasteiger partial charge >= 0.3 is 0 Å². The Hall–Kier alpha value is -3.24. The molecule has 0 aromatic heterocycles. The summed E-state index contributed by atoms with van der Waals surface area (Å²) in [5.74, 6) is -1.30. The highest BCUT2D eigenvalue weighted by Gasteiger charge is 2.33. The number of nitrogens with one attached hydrogen (secondary N) is 1. The molecule has 3 rings (SSSR count). The summed E-state index contributed by atoms with van der Waals surface area (Å²) in [4.78, 5) is 28.5. The Labute approximate surface area is 238 Å². The van der Waals surface area contributed by atoms with Gasteiger partial charge in [0.15, 0.2) is 0 Å². The molecule has 2 amide bonds. The fourth-order valence-electron chi connectivity index (χ4n) is 4.09. The molecule has 0 heterocycles.